The molecule has 0 bridgehead atoms. The highest BCUT2D eigenvalue weighted by atomic mass is 35.5. The van der Waals surface area contributed by atoms with Gasteiger partial charge in [-0.3, -0.25) is 0 Å². The number of amides is 2. The van der Waals surface area contributed by atoms with E-state index in [2.05, 4.69) is 10.6 Å². The van der Waals surface area contributed by atoms with Gasteiger partial charge in [-0.25, -0.2) is 14.0 Å². The first-order chi connectivity index (χ1) is 8.95. The van der Waals surface area contributed by atoms with Crippen molar-refractivity contribution in [2.75, 3.05) is 5.32 Å². The lowest BCUT2D eigenvalue weighted by molar-refractivity contribution is -0.139. The van der Waals surface area contributed by atoms with Gasteiger partial charge in [0.05, 0.1) is 10.7 Å². The largest absolute Gasteiger partial charge is 0.480 e. The lowest BCUT2D eigenvalue weighted by atomic mass is 10.2. The molecule has 0 aromatic heterocycles. The topological polar surface area (TPSA) is 78.4 Å². The molecule has 3 N–H and O–H groups in total. The number of rotatable bonds is 5. The van der Waals surface area contributed by atoms with Crippen LogP contribution in [0.3, 0.4) is 0 Å². The number of hydrogen-bond acceptors (Lipinski definition) is 2. The number of nitrogens with one attached hydrogen (secondary N) is 2. The summed E-state index contributed by atoms with van der Waals surface area (Å²) in [7, 11) is 0. The maximum atomic E-state index is 13.5. The predicted molar refractivity (Wildman–Crippen MR) is 69.9 cm³/mol. The molecule has 0 radical (unpaired) electrons. The molecule has 1 rings (SSSR count). The maximum Gasteiger partial charge on any atom is 0.326 e. The number of halogens is 2. The van der Waals surface area contributed by atoms with Gasteiger partial charge >= 0.3 is 12.0 Å². The number of carboxylic acid groups (broad SMARTS) is 1. The average Bonchev–Trinajstić information content (AvgIpc) is 2.34. The Balaban J connectivity index is 2.69. The Morgan fingerprint density at radius 3 is 2.74 bits per heavy atom. The van der Waals surface area contributed by atoms with Gasteiger partial charge in [0.1, 0.15) is 6.04 Å². The van der Waals surface area contributed by atoms with Crippen molar-refractivity contribution in [2.24, 2.45) is 0 Å². The van der Waals surface area contributed by atoms with Crippen LogP contribution in [0.5, 0.6) is 0 Å². The van der Waals surface area contributed by atoms with Crippen LogP contribution in [0.4, 0.5) is 14.9 Å². The van der Waals surface area contributed by atoms with Crippen molar-refractivity contribution in [3.8, 4) is 0 Å². The Hall–Kier alpha value is -1.82. The molecule has 1 aromatic rings. The predicted octanol–water partition coefficient (Wildman–Crippen LogP) is 2.85. The standard InChI is InChI=1S/C12H14ClFN2O3/c1-2-4-9(11(17)18)16-12(19)15-8-6-3-5-7(13)10(8)14/h3,5-6,9H,2,4H2,1H3,(H,17,18)(H2,15,16,19). The van der Waals surface area contributed by atoms with Crippen LogP contribution in [0.2, 0.25) is 5.02 Å². The van der Waals surface area contributed by atoms with E-state index in [1.54, 1.807) is 6.92 Å². The monoisotopic (exact) mass is 288 g/mol. The summed E-state index contributed by atoms with van der Waals surface area (Å²) in [5.74, 6) is -1.90. The number of carboxylic acids is 1. The summed E-state index contributed by atoms with van der Waals surface area (Å²) in [5.41, 5.74) is -0.106. The number of benzene rings is 1. The molecule has 0 saturated heterocycles. The first-order valence-corrected chi connectivity index (χ1v) is 6.07. The van der Waals surface area contributed by atoms with Crippen LogP contribution in [-0.2, 0) is 4.79 Å². The van der Waals surface area contributed by atoms with Crippen molar-refractivity contribution in [3.05, 3.63) is 29.0 Å². The lowest BCUT2D eigenvalue weighted by Crippen LogP contribution is -2.43. The molecule has 0 spiro atoms. The normalized spacial score (nSPS) is 11.7. The third-order valence-corrected chi connectivity index (χ3v) is 2.67. The van der Waals surface area contributed by atoms with Gasteiger partial charge in [-0.05, 0) is 18.6 Å². The second-order valence-electron chi connectivity index (χ2n) is 3.88. The number of hydrogen-bond donors (Lipinski definition) is 3. The van der Waals surface area contributed by atoms with E-state index in [0.717, 1.165) is 0 Å². The van der Waals surface area contributed by atoms with E-state index in [-0.39, 0.29) is 10.7 Å². The number of urea groups is 1. The first-order valence-electron chi connectivity index (χ1n) is 5.70. The second-order valence-corrected chi connectivity index (χ2v) is 4.29. The van der Waals surface area contributed by atoms with E-state index in [9.17, 15) is 14.0 Å². The quantitative estimate of drug-likeness (QED) is 0.779. The molecule has 0 saturated carbocycles. The highest BCUT2D eigenvalue weighted by Crippen LogP contribution is 2.21. The SMILES string of the molecule is CCCC(NC(=O)Nc1cccc(Cl)c1F)C(=O)O. The smallest absolute Gasteiger partial charge is 0.326 e. The summed E-state index contributed by atoms with van der Waals surface area (Å²) < 4.78 is 13.5. The van der Waals surface area contributed by atoms with E-state index in [4.69, 9.17) is 16.7 Å². The lowest BCUT2D eigenvalue weighted by Gasteiger charge is -2.14. The van der Waals surface area contributed by atoms with E-state index in [0.29, 0.717) is 12.8 Å². The van der Waals surface area contributed by atoms with Crippen molar-refractivity contribution in [3.63, 3.8) is 0 Å². The fourth-order valence-electron chi connectivity index (χ4n) is 1.46. The number of aliphatic carboxylic acids is 1. The fourth-order valence-corrected chi connectivity index (χ4v) is 1.64. The molecule has 1 atom stereocenters. The van der Waals surface area contributed by atoms with Crippen LogP contribution in [0.25, 0.3) is 0 Å². The van der Waals surface area contributed by atoms with E-state index in [1.807, 2.05) is 0 Å². The summed E-state index contributed by atoms with van der Waals surface area (Å²) in [4.78, 5) is 22.4. The van der Waals surface area contributed by atoms with Gasteiger partial charge in [-0.15, -0.1) is 0 Å². The van der Waals surface area contributed by atoms with E-state index in [1.165, 1.54) is 18.2 Å². The van der Waals surface area contributed by atoms with Crippen LogP contribution in [0.15, 0.2) is 18.2 Å². The van der Waals surface area contributed by atoms with Crippen molar-refractivity contribution < 1.29 is 19.1 Å². The molecule has 2 amide bonds. The van der Waals surface area contributed by atoms with E-state index < -0.39 is 23.9 Å². The van der Waals surface area contributed by atoms with Crippen LogP contribution in [0.1, 0.15) is 19.8 Å². The number of carbonyl (C=O) groups excluding carboxylic acids is 1. The zero-order chi connectivity index (χ0) is 14.4. The Kier molecular flexibility index (Phi) is 5.57. The van der Waals surface area contributed by atoms with Gasteiger partial charge in [0.15, 0.2) is 5.82 Å². The summed E-state index contributed by atoms with van der Waals surface area (Å²) in [6.45, 7) is 1.80. The van der Waals surface area contributed by atoms with Gasteiger partial charge < -0.3 is 15.7 Å². The zero-order valence-electron chi connectivity index (χ0n) is 10.2. The highest BCUT2D eigenvalue weighted by molar-refractivity contribution is 6.31. The van der Waals surface area contributed by atoms with Crippen molar-refractivity contribution >= 4 is 29.3 Å². The van der Waals surface area contributed by atoms with Crippen LogP contribution in [-0.4, -0.2) is 23.1 Å². The van der Waals surface area contributed by atoms with Crippen LogP contribution < -0.4 is 10.6 Å². The Morgan fingerprint density at radius 1 is 1.47 bits per heavy atom. The molecule has 0 fully saturated rings. The minimum absolute atomic E-state index is 0.106. The molecule has 1 unspecified atom stereocenters. The molecule has 19 heavy (non-hydrogen) atoms. The third-order valence-electron chi connectivity index (χ3n) is 2.38. The van der Waals surface area contributed by atoms with Crippen molar-refractivity contribution in [1.29, 1.82) is 0 Å². The third kappa shape index (κ3) is 4.40. The summed E-state index contributed by atoms with van der Waals surface area (Å²) in [6, 6.07) is 2.35. The number of carbonyl (C=O) groups is 2. The molecule has 0 aliphatic rings. The highest BCUT2D eigenvalue weighted by Gasteiger charge is 2.19. The Labute approximate surface area is 114 Å². The number of anilines is 1. The second kappa shape index (κ2) is 6.94. The molecule has 0 heterocycles. The summed E-state index contributed by atoms with van der Waals surface area (Å²) >= 11 is 5.56. The molecular formula is C12H14ClFN2O3. The van der Waals surface area contributed by atoms with Gasteiger partial charge in [0, 0.05) is 0 Å². The first kappa shape index (κ1) is 15.2. The van der Waals surface area contributed by atoms with Crippen LogP contribution >= 0.6 is 11.6 Å². The minimum Gasteiger partial charge on any atom is -0.480 e. The maximum absolute atomic E-state index is 13.5. The van der Waals surface area contributed by atoms with Gasteiger partial charge in [-0.1, -0.05) is 31.0 Å². The molecule has 5 nitrogen and oxygen atoms in total. The summed E-state index contributed by atoms with van der Waals surface area (Å²) in [5, 5.41) is 13.2. The summed E-state index contributed by atoms with van der Waals surface area (Å²) in [6.07, 6.45) is 0.892. The fraction of sp³-hybridized carbons (Fsp3) is 0.333. The molecule has 0 aliphatic carbocycles. The van der Waals surface area contributed by atoms with Crippen LogP contribution in [0, 0.1) is 5.82 Å². The molecular weight excluding hydrogens is 275 g/mol. The minimum atomic E-state index is -1.14. The van der Waals surface area contributed by atoms with Gasteiger partial charge in [-0.2, -0.15) is 0 Å². The Bertz CT molecular complexity index is 482. The zero-order valence-corrected chi connectivity index (χ0v) is 11.0. The Morgan fingerprint density at radius 2 is 2.16 bits per heavy atom. The van der Waals surface area contributed by atoms with Crippen molar-refractivity contribution in [1.82, 2.24) is 5.32 Å². The molecule has 0 aliphatic heterocycles. The average molecular weight is 289 g/mol. The molecule has 7 heteroatoms. The van der Waals surface area contributed by atoms with Crippen molar-refractivity contribution in [2.45, 2.75) is 25.8 Å². The molecule has 1 aromatic carbocycles. The van der Waals surface area contributed by atoms with E-state index >= 15 is 0 Å². The molecule has 104 valence electrons. The van der Waals surface area contributed by atoms with Gasteiger partial charge in [0.2, 0.25) is 0 Å². The van der Waals surface area contributed by atoms with Gasteiger partial charge in [0.25, 0.3) is 0 Å².